The van der Waals surface area contributed by atoms with E-state index < -0.39 is 18.2 Å². The van der Waals surface area contributed by atoms with E-state index in [1.165, 1.54) is 0 Å². The van der Waals surface area contributed by atoms with Crippen LogP contribution in [0.1, 0.15) is 23.5 Å². The molecular weight excluding hydrogens is 290 g/mol. The number of aromatic amines is 1. The van der Waals surface area contributed by atoms with Gasteiger partial charge in [-0.1, -0.05) is 6.08 Å². The Labute approximate surface area is 127 Å². The fourth-order valence-electron chi connectivity index (χ4n) is 2.47. The van der Waals surface area contributed by atoms with Crippen molar-refractivity contribution in [3.8, 4) is 0 Å². The molecule has 6 nitrogen and oxygen atoms in total. The van der Waals surface area contributed by atoms with Gasteiger partial charge in [-0.2, -0.15) is 11.8 Å². The molecule has 7 heteroatoms. The highest BCUT2D eigenvalue weighted by Gasteiger charge is 2.31. The van der Waals surface area contributed by atoms with Crippen molar-refractivity contribution in [2.45, 2.75) is 38.0 Å². The van der Waals surface area contributed by atoms with Gasteiger partial charge < -0.3 is 20.9 Å². The molecule has 116 valence electrons. The van der Waals surface area contributed by atoms with Crippen LogP contribution in [-0.2, 0) is 6.42 Å². The summed E-state index contributed by atoms with van der Waals surface area (Å²) in [6, 6.07) is -0.753. The Morgan fingerprint density at radius 2 is 2.24 bits per heavy atom. The molecule has 21 heavy (non-hydrogen) atoms. The summed E-state index contributed by atoms with van der Waals surface area (Å²) >= 11 is 1.60. The van der Waals surface area contributed by atoms with Gasteiger partial charge >= 0.3 is 0 Å². The number of aliphatic hydroxyl groups is 2. The van der Waals surface area contributed by atoms with Crippen molar-refractivity contribution in [2.75, 3.05) is 12.0 Å². The maximum absolute atomic E-state index is 11.9. The van der Waals surface area contributed by atoms with Crippen molar-refractivity contribution in [3.63, 3.8) is 0 Å². The third-order valence-corrected chi connectivity index (χ3v) is 4.32. The summed E-state index contributed by atoms with van der Waals surface area (Å²) in [6.45, 7) is 1.70. The van der Waals surface area contributed by atoms with Crippen LogP contribution in [0.2, 0.25) is 0 Å². The fraction of sp³-hybridized carbons (Fsp3) is 0.571. The number of nitrogens with two attached hydrogens (primary N) is 1. The summed E-state index contributed by atoms with van der Waals surface area (Å²) in [5.74, 6) is 1.26. The van der Waals surface area contributed by atoms with Crippen LogP contribution in [0.3, 0.4) is 0 Å². The zero-order chi connectivity index (χ0) is 15.6. The van der Waals surface area contributed by atoms with Crippen LogP contribution >= 0.6 is 11.8 Å². The second-order valence-corrected chi connectivity index (χ2v) is 6.19. The molecule has 0 amide bonds. The fourth-order valence-corrected chi connectivity index (χ4v) is 2.95. The maximum atomic E-state index is 11.9. The molecule has 0 fully saturated rings. The largest absolute Gasteiger partial charge is 0.390 e. The van der Waals surface area contributed by atoms with E-state index in [1.54, 1.807) is 18.7 Å². The molecular formula is C14H21N3O3S. The number of H-pyrrole nitrogens is 1. The van der Waals surface area contributed by atoms with Crippen molar-refractivity contribution in [3.05, 3.63) is 33.5 Å². The summed E-state index contributed by atoms with van der Waals surface area (Å²) in [5.41, 5.74) is 7.64. The topological polar surface area (TPSA) is 112 Å². The quantitative estimate of drug-likeness (QED) is 0.580. The van der Waals surface area contributed by atoms with Crippen molar-refractivity contribution < 1.29 is 10.2 Å². The minimum Gasteiger partial charge on any atom is -0.390 e. The predicted molar refractivity (Wildman–Crippen MR) is 84.3 cm³/mol. The van der Waals surface area contributed by atoms with Crippen LogP contribution in [0, 0.1) is 6.92 Å². The molecule has 3 unspecified atom stereocenters. The van der Waals surface area contributed by atoms with Crippen molar-refractivity contribution >= 4 is 17.3 Å². The van der Waals surface area contributed by atoms with Gasteiger partial charge in [-0.25, -0.2) is 4.98 Å². The van der Waals surface area contributed by atoms with E-state index in [1.807, 2.05) is 12.3 Å². The van der Waals surface area contributed by atoms with Gasteiger partial charge in [0.25, 0.3) is 5.56 Å². The standard InChI is InChI=1S/C14H21N3O3S/c1-7-16-12-8(3-4-9(12)14(20)17-7)11(15)13(19)10(18)5-6-21-2/h3,10-11,13,18-19H,4-6,15H2,1-2H3,(H,16,17,20). The monoisotopic (exact) mass is 311 g/mol. The SMILES string of the molecule is CSCCC(O)C(O)C(N)C1=CCc2c1nc(C)[nH]c2=O. The first-order valence-electron chi connectivity index (χ1n) is 6.86. The van der Waals surface area contributed by atoms with E-state index in [0.717, 1.165) is 5.75 Å². The molecule has 0 saturated heterocycles. The Morgan fingerprint density at radius 3 is 2.90 bits per heavy atom. The molecule has 1 aliphatic carbocycles. The van der Waals surface area contributed by atoms with Crippen LogP contribution in [0.5, 0.6) is 0 Å². The van der Waals surface area contributed by atoms with Crippen molar-refractivity contribution in [1.82, 2.24) is 9.97 Å². The predicted octanol–water partition coefficient (Wildman–Crippen LogP) is -0.180. The Balaban J connectivity index is 2.20. The first-order chi connectivity index (χ1) is 9.95. The van der Waals surface area contributed by atoms with Gasteiger partial charge in [0.2, 0.25) is 0 Å². The van der Waals surface area contributed by atoms with Crippen LogP contribution in [0.4, 0.5) is 0 Å². The number of nitrogens with zero attached hydrogens (tertiary/aromatic N) is 1. The number of thioether (sulfide) groups is 1. The summed E-state index contributed by atoms with van der Waals surface area (Å²) in [5, 5.41) is 20.2. The van der Waals surface area contributed by atoms with Crippen LogP contribution in [0.15, 0.2) is 10.9 Å². The number of aromatic nitrogens is 2. The number of nitrogens with one attached hydrogen (secondary N) is 1. The van der Waals surface area contributed by atoms with E-state index in [9.17, 15) is 15.0 Å². The van der Waals surface area contributed by atoms with Gasteiger partial charge in [-0.3, -0.25) is 4.79 Å². The zero-order valence-corrected chi connectivity index (χ0v) is 13.0. The van der Waals surface area contributed by atoms with E-state index in [0.29, 0.717) is 35.5 Å². The Kier molecular flexibility index (Phi) is 5.21. The lowest BCUT2D eigenvalue weighted by Crippen LogP contribution is -2.44. The third-order valence-electron chi connectivity index (χ3n) is 3.67. The lowest BCUT2D eigenvalue weighted by molar-refractivity contribution is 0.0131. The van der Waals surface area contributed by atoms with Gasteiger partial charge in [-0.15, -0.1) is 0 Å². The highest BCUT2D eigenvalue weighted by atomic mass is 32.2. The normalized spacial score (nSPS) is 18.0. The van der Waals surface area contributed by atoms with E-state index in [-0.39, 0.29) is 5.56 Å². The number of hydrogen-bond acceptors (Lipinski definition) is 6. The average Bonchev–Trinajstić information content (AvgIpc) is 2.87. The van der Waals surface area contributed by atoms with Gasteiger partial charge in [0.05, 0.1) is 23.9 Å². The molecule has 0 aromatic carbocycles. The average molecular weight is 311 g/mol. The highest BCUT2D eigenvalue weighted by Crippen LogP contribution is 2.27. The lowest BCUT2D eigenvalue weighted by Gasteiger charge is -2.25. The second kappa shape index (κ2) is 6.74. The molecule has 0 saturated carbocycles. The van der Waals surface area contributed by atoms with Gasteiger partial charge in [-0.05, 0) is 37.3 Å². The van der Waals surface area contributed by atoms with Crippen molar-refractivity contribution in [1.29, 1.82) is 0 Å². The molecule has 3 atom stereocenters. The molecule has 0 aliphatic heterocycles. The van der Waals surface area contributed by atoms with Crippen LogP contribution in [0.25, 0.3) is 5.57 Å². The van der Waals surface area contributed by atoms with E-state index >= 15 is 0 Å². The summed E-state index contributed by atoms with van der Waals surface area (Å²) in [6.07, 6.45) is 2.71. The minimum atomic E-state index is -1.07. The minimum absolute atomic E-state index is 0.173. The number of rotatable bonds is 6. The molecule has 1 aliphatic rings. The number of allylic oxidation sites excluding steroid dienone is 1. The third kappa shape index (κ3) is 3.37. The Bertz CT molecular complexity index is 600. The number of hydrogen-bond donors (Lipinski definition) is 4. The lowest BCUT2D eigenvalue weighted by atomic mass is 9.96. The summed E-state index contributed by atoms with van der Waals surface area (Å²) in [7, 11) is 0. The Morgan fingerprint density at radius 1 is 1.52 bits per heavy atom. The molecule has 0 radical (unpaired) electrons. The number of aryl methyl sites for hydroxylation is 1. The summed E-state index contributed by atoms with van der Waals surface area (Å²) in [4.78, 5) is 18.8. The van der Waals surface area contributed by atoms with Crippen LogP contribution in [-0.4, -0.2) is 50.4 Å². The molecule has 5 N–H and O–H groups in total. The van der Waals surface area contributed by atoms with E-state index in [2.05, 4.69) is 9.97 Å². The van der Waals surface area contributed by atoms with Gasteiger partial charge in [0.1, 0.15) is 5.82 Å². The second-order valence-electron chi connectivity index (χ2n) is 5.21. The number of aliphatic hydroxyl groups excluding tert-OH is 2. The van der Waals surface area contributed by atoms with Gasteiger partial charge in [0, 0.05) is 5.56 Å². The number of fused-ring (bicyclic) bond motifs is 1. The highest BCUT2D eigenvalue weighted by molar-refractivity contribution is 7.98. The smallest absolute Gasteiger partial charge is 0.254 e. The van der Waals surface area contributed by atoms with E-state index in [4.69, 9.17) is 5.73 Å². The van der Waals surface area contributed by atoms with Gasteiger partial charge in [0.15, 0.2) is 0 Å². The molecule has 1 aromatic heterocycles. The molecule has 2 rings (SSSR count). The Hall–Kier alpha value is -1.15. The van der Waals surface area contributed by atoms with Crippen molar-refractivity contribution in [2.24, 2.45) is 5.73 Å². The molecule has 1 aromatic rings. The first kappa shape index (κ1) is 16.2. The first-order valence-corrected chi connectivity index (χ1v) is 8.26. The zero-order valence-electron chi connectivity index (χ0n) is 12.2. The molecule has 0 bridgehead atoms. The molecule has 0 spiro atoms. The summed E-state index contributed by atoms with van der Waals surface area (Å²) < 4.78 is 0. The molecule has 1 heterocycles. The van der Waals surface area contributed by atoms with Crippen LogP contribution < -0.4 is 11.3 Å². The maximum Gasteiger partial charge on any atom is 0.254 e.